The molecule has 4 heteroatoms. The minimum absolute atomic E-state index is 0.0910. The number of benzene rings is 1. The number of carbonyl (C=O) groups excluding carboxylic acids is 2. The lowest BCUT2D eigenvalue weighted by Crippen LogP contribution is -2.18. The Hall–Kier alpha value is -1.94. The van der Waals surface area contributed by atoms with E-state index in [2.05, 4.69) is 0 Å². The van der Waals surface area contributed by atoms with E-state index in [0.29, 0.717) is 18.5 Å². The molecule has 0 aliphatic heterocycles. The van der Waals surface area contributed by atoms with Crippen LogP contribution < -0.4 is 5.73 Å². The quantitative estimate of drug-likeness (QED) is 0.775. The highest BCUT2D eigenvalue weighted by Gasteiger charge is 2.26. The lowest BCUT2D eigenvalue weighted by atomic mass is 9.87. The van der Waals surface area contributed by atoms with Gasteiger partial charge in [-0.3, -0.25) is 9.59 Å². The molecular weight excluding hydrogens is 206 g/mol. The predicted octanol–water partition coefficient (Wildman–Crippen LogP) is 1.05. The number of hydrogen-bond donors (Lipinski definition) is 2. The second-order valence-electron chi connectivity index (χ2n) is 3.60. The molecule has 0 spiro atoms. The summed E-state index contributed by atoms with van der Waals surface area (Å²) < 4.78 is 0. The molecule has 0 saturated heterocycles. The number of aromatic hydroxyl groups is 1. The number of allylic oxidation sites excluding steroid dienone is 1. The summed E-state index contributed by atoms with van der Waals surface area (Å²) in [5.74, 6) is -0.717. The van der Waals surface area contributed by atoms with Crippen LogP contribution in [0.15, 0.2) is 29.8 Å². The number of carbonyl (C=O) groups is 2. The maximum atomic E-state index is 11.9. The maximum absolute atomic E-state index is 11.9. The molecule has 2 rings (SSSR count). The minimum atomic E-state index is -0.337. The molecule has 0 unspecified atom stereocenters. The van der Waals surface area contributed by atoms with Gasteiger partial charge in [-0.15, -0.1) is 0 Å². The highest BCUT2D eigenvalue weighted by molar-refractivity contribution is 6.25. The van der Waals surface area contributed by atoms with Crippen LogP contribution in [0.5, 0.6) is 5.75 Å². The zero-order valence-corrected chi connectivity index (χ0v) is 8.56. The van der Waals surface area contributed by atoms with Crippen molar-refractivity contribution in [1.82, 2.24) is 0 Å². The van der Waals surface area contributed by atoms with Gasteiger partial charge in [-0.2, -0.15) is 0 Å². The van der Waals surface area contributed by atoms with Gasteiger partial charge in [0.05, 0.1) is 5.56 Å². The highest BCUT2D eigenvalue weighted by Crippen LogP contribution is 2.28. The molecule has 0 amide bonds. The highest BCUT2D eigenvalue weighted by atomic mass is 16.3. The first kappa shape index (κ1) is 10.6. The van der Waals surface area contributed by atoms with E-state index in [0.717, 1.165) is 0 Å². The number of ketones is 2. The average Bonchev–Trinajstić information content (AvgIpc) is 2.25. The van der Waals surface area contributed by atoms with E-state index < -0.39 is 0 Å². The molecular formula is C12H11NO3. The Labute approximate surface area is 92.4 Å². The summed E-state index contributed by atoms with van der Waals surface area (Å²) in [6.07, 6.45) is 1.64. The lowest BCUT2D eigenvalue weighted by Gasteiger charge is -2.15. The Kier molecular flexibility index (Phi) is 2.58. The van der Waals surface area contributed by atoms with Gasteiger partial charge in [0.15, 0.2) is 11.6 Å². The van der Waals surface area contributed by atoms with Crippen LogP contribution >= 0.6 is 0 Å². The van der Waals surface area contributed by atoms with Crippen LogP contribution in [0.1, 0.15) is 27.1 Å². The summed E-state index contributed by atoms with van der Waals surface area (Å²) in [4.78, 5) is 23.6. The van der Waals surface area contributed by atoms with Gasteiger partial charge < -0.3 is 10.8 Å². The Morgan fingerprint density at radius 1 is 1.25 bits per heavy atom. The number of hydrogen-bond acceptors (Lipinski definition) is 4. The number of Topliss-reactive ketones (excluding diaryl/α,β-unsaturated/α-hetero) is 1. The van der Waals surface area contributed by atoms with Crippen molar-refractivity contribution in [3.05, 3.63) is 41.0 Å². The van der Waals surface area contributed by atoms with Crippen LogP contribution in [-0.4, -0.2) is 23.2 Å². The monoisotopic (exact) mass is 217 g/mol. The molecule has 0 aromatic heterocycles. The van der Waals surface area contributed by atoms with E-state index in [1.165, 1.54) is 12.1 Å². The van der Waals surface area contributed by atoms with E-state index in [9.17, 15) is 14.7 Å². The number of phenols is 1. The molecule has 1 aromatic carbocycles. The van der Waals surface area contributed by atoms with Crippen molar-refractivity contribution >= 4 is 11.6 Å². The van der Waals surface area contributed by atoms with Crippen molar-refractivity contribution in [2.45, 2.75) is 6.42 Å². The molecule has 0 saturated carbocycles. The van der Waals surface area contributed by atoms with Crippen LogP contribution in [-0.2, 0) is 0 Å². The van der Waals surface area contributed by atoms with E-state index in [4.69, 9.17) is 5.73 Å². The van der Waals surface area contributed by atoms with E-state index >= 15 is 0 Å². The largest absolute Gasteiger partial charge is 0.507 e. The normalized spacial score (nSPS) is 14.7. The van der Waals surface area contributed by atoms with Gasteiger partial charge in [-0.25, -0.2) is 0 Å². The van der Waals surface area contributed by atoms with Gasteiger partial charge in [0.2, 0.25) is 0 Å². The van der Waals surface area contributed by atoms with Crippen LogP contribution in [0.3, 0.4) is 0 Å². The molecule has 0 fully saturated rings. The van der Waals surface area contributed by atoms with Crippen LogP contribution in [0.25, 0.3) is 0 Å². The second-order valence-corrected chi connectivity index (χ2v) is 3.60. The van der Waals surface area contributed by atoms with Crippen molar-refractivity contribution in [2.24, 2.45) is 5.73 Å². The Balaban J connectivity index is 2.55. The summed E-state index contributed by atoms with van der Waals surface area (Å²) in [5.41, 5.74) is 6.12. The fraction of sp³-hybridized carbons (Fsp3) is 0.167. The van der Waals surface area contributed by atoms with Crippen molar-refractivity contribution < 1.29 is 14.7 Å². The SMILES string of the molecule is NCCC1=CC(=O)c2c(O)cccc2C1=O. The Bertz CT molecular complexity index is 503. The number of fused-ring (bicyclic) bond motifs is 1. The zero-order valence-electron chi connectivity index (χ0n) is 8.56. The van der Waals surface area contributed by atoms with Crippen molar-refractivity contribution in [2.75, 3.05) is 6.54 Å². The van der Waals surface area contributed by atoms with Gasteiger partial charge >= 0.3 is 0 Å². The molecule has 0 bridgehead atoms. The Morgan fingerprint density at radius 3 is 2.69 bits per heavy atom. The first-order valence-electron chi connectivity index (χ1n) is 4.97. The predicted molar refractivity (Wildman–Crippen MR) is 58.5 cm³/mol. The third kappa shape index (κ3) is 1.53. The standard InChI is InChI=1S/C12H11NO3/c13-5-4-7-6-10(15)11-8(12(7)16)2-1-3-9(11)14/h1-3,6,14H,4-5,13H2. The first-order chi connectivity index (χ1) is 7.65. The molecule has 0 atom stereocenters. The molecule has 1 aliphatic rings. The summed E-state index contributed by atoms with van der Waals surface area (Å²) in [5, 5.41) is 9.53. The van der Waals surface area contributed by atoms with Crippen molar-refractivity contribution in [3.8, 4) is 5.75 Å². The fourth-order valence-corrected chi connectivity index (χ4v) is 1.80. The van der Waals surface area contributed by atoms with Crippen LogP contribution in [0, 0.1) is 0 Å². The summed E-state index contributed by atoms with van der Waals surface area (Å²) in [6.45, 7) is 0.318. The molecule has 0 heterocycles. The van der Waals surface area contributed by atoms with Crippen molar-refractivity contribution in [3.63, 3.8) is 0 Å². The third-order valence-electron chi connectivity index (χ3n) is 2.54. The van der Waals surface area contributed by atoms with Gasteiger partial charge in [0.25, 0.3) is 0 Å². The maximum Gasteiger partial charge on any atom is 0.190 e. The second kappa shape index (κ2) is 3.90. The lowest BCUT2D eigenvalue weighted by molar-refractivity contribution is 0.0979. The first-order valence-corrected chi connectivity index (χ1v) is 4.97. The van der Waals surface area contributed by atoms with E-state index in [-0.39, 0.29) is 28.4 Å². The minimum Gasteiger partial charge on any atom is -0.507 e. The summed E-state index contributed by atoms with van der Waals surface area (Å²) >= 11 is 0. The molecule has 0 radical (unpaired) electrons. The topological polar surface area (TPSA) is 80.4 Å². The van der Waals surface area contributed by atoms with Crippen LogP contribution in [0.4, 0.5) is 0 Å². The smallest absolute Gasteiger partial charge is 0.190 e. The van der Waals surface area contributed by atoms with Gasteiger partial charge in [0.1, 0.15) is 5.75 Å². The molecule has 16 heavy (non-hydrogen) atoms. The zero-order chi connectivity index (χ0) is 11.7. The molecule has 3 N–H and O–H groups in total. The number of nitrogens with two attached hydrogens (primary N) is 1. The summed E-state index contributed by atoms with van der Waals surface area (Å²) in [7, 11) is 0. The molecule has 1 aliphatic carbocycles. The third-order valence-corrected chi connectivity index (χ3v) is 2.54. The van der Waals surface area contributed by atoms with E-state index in [1.54, 1.807) is 12.1 Å². The van der Waals surface area contributed by atoms with Gasteiger partial charge in [-0.05, 0) is 25.1 Å². The van der Waals surface area contributed by atoms with Gasteiger partial charge in [0, 0.05) is 11.1 Å². The summed E-state index contributed by atoms with van der Waals surface area (Å²) in [6, 6.07) is 4.48. The Morgan fingerprint density at radius 2 is 2.00 bits per heavy atom. The average molecular weight is 217 g/mol. The van der Waals surface area contributed by atoms with Gasteiger partial charge in [-0.1, -0.05) is 12.1 Å². The number of phenolic OH excluding ortho intramolecular Hbond substituents is 1. The molecule has 4 nitrogen and oxygen atoms in total. The molecule has 82 valence electrons. The number of rotatable bonds is 2. The van der Waals surface area contributed by atoms with E-state index in [1.807, 2.05) is 0 Å². The molecule has 1 aromatic rings. The van der Waals surface area contributed by atoms with Crippen molar-refractivity contribution in [1.29, 1.82) is 0 Å². The van der Waals surface area contributed by atoms with Crippen LogP contribution in [0.2, 0.25) is 0 Å². The fourth-order valence-electron chi connectivity index (χ4n) is 1.80.